The van der Waals surface area contributed by atoms with Gasteiger partial charge in [-0.15, -0.1) is 0 Å². The monoisotopic (exact) mass is 335 g/mol. The van der Waals surface area contributed by atoms with Gasteiger partial charge in [0.05, 0.1) is 17.2 Å². The maximum absolute atomic E-state index is 13.1. The molecule has 1 aliphatic rings. The summed E-state index contributed by atoms with van der Waals surface area (Å²) in [6.45, 7) is 1.96. The van der Waals surface area contributed by atoms with Gasteiger partial charge in [0, 0.05) is 11.8 Å². The number of H-pyrrole nitrogens is 1. The maximum Gasteiger partial charge on any atom is 0.211 e. The Bertz CT molecular complexity index is 835. The first-order valence-corrected chi connectivity index (χ1v) is 8.60. The Morgan fingerprint density at radius 1 is 1.24 bits per heavy atom. The molecule has 1 saturated carbocycles. The van der Waals surface area contributed by atoms with E-state index in [1.165, 1.54) is 12.6 Å². The molecular formula is C20H21N3O2. The molecule has 0 aliphatic heterocycles. The highest BCUT2D eigenvalue weighted by Gasteiger charge is 2.26. The molecule has 2 N–H and O–H groups in total. The number of nitrogens with one attached hydrogen (secondary N) is 1. The highest BCUT2D eigenvalue weighted by atomic mass is 16.3. The summed E-state index contributed by atoms with van der Waals surface area (Å²) in [6.07, 6.45) is 6.62. The SMILES string of the molecule is Cc1ccc(C(=O)C(=NC2CCCCC2)c2c(C#N)c[nH]c2O)cc1. The molecule has 1 fully saturated rings. The topological polar surface area (TPSA) is 89.2 Å². The largest absolute Gasteiger partial charge is 0.494 e. The average molecular weight is 335 g/mol. The summed E-state index contributed by atoms with van der Waals surface area (Å²) in [6, 6.07) is 9.32. The lowest BCUT2D eigenvalue weighted by Crippen LogP contribution is -2.21. The number of aromatic hydroxyl groups is 1. The Labute approximate surface area is 147 Å². The van der Waals surface area contributed by atoms with Crippen molar-refractivity contribution in [2.45, 2.75) is 45.1 Å². The standard InChI is InChI=1S/C20H21N3O2/c1-13-7-9-14(10-8-13)19(24)18(23-16-5-3-2-4-6-16)17-15(11-21)12-22-20(17)25/h7-10,12,16,22,25H,2-6H2,1H3. The fraction of sp³-hybridized carbons (Fsp3) is 0.350. The van der Waals surface area contributed by atoms with E-state index >= 15 is 0 Å². The molecule has 25 heavy (non-hydrogen) atoms. The van der Waals surface area contributed by atoms with Crippen LogP contribution >= 0.6 is 0 Å². The number of carbonyl (C=O) groups is 1. The smallest absolute Gasteiger partial charge is 0.211 e. The maximum atomic E-state index is 13.1. The van der Waals surface area contributed by atoms with Gasteiger partial charge >= 0.3 is 0 Å². The molecule has 5 nitrogen and oxygen atoms in total. The number of hydrogen-bond acceptors (Lipinski definition) is 4. The lowest BCUT2D eigenvalue weighted by atomic mass is 9.94. The number of hydrogen-bond donors (Lipinski definition) is 2. The first-order valence-electron chi connectivity index (χ1n) is 8.60. The number of ketones is 1. The predicted molar refractivity (Wildman–Crippen MR) is 96.1 cm³/mol. The first-order chi connectivity index (χ1) is 12.1. The van der Waals surface area contributed by atoms with Gasteiger partial charge in [-0.25, -0.2) is 0 Å². The number of benzene rings is 1. The summed E-state index contributed by atoms with van der Waals surface area (Å²) >= 11 is 0. The van der Waals surface area contributed by atoms with Crippen molar-refractivity contribution >= 4 is 11.5 Å². The van der Waals surface area contributed by atoms with Crippen molar-refractivity contribution in [2.24, 2.45) is 4.99 Å². The van der Waals surface area contributed by atoms with Crippen molar-refractivity contribution in [3.05, 3.63) is 52.7 Å². The number of aryl methyl sites for hydroxylation is 1. The molecule has 0 unspecified atom stereocenters. The van der Waals surface area contributed by atoms with Gasteiger partial charge in [-0.1, -0.05) is 49.1 Å². The highest BCUT2D eigenvalue weighted by Crippen LogP contribution is 2.26. The van der Waals surface area contributed by atoms with Gasteiger partial charge in [-0.05, 0) is 19.8 Å². The molecule has 0 saturated heterocycles. The highest BCUT2D eigenvalue weighted by molar-refractivity contribution is 6.52. The van der Waals surface area contributed by atoms with Crippen LogP contribution in [0.5, 0.6) is 5.88 Å². The van der Waals surface area contributed by atoms with Crippen LogP contribution in [0, 0.1) is 18.3 Å². The van der Waals surface area contributed by atoms with Gasteiger partial charge in [0.1, 0.15) is 11.8 Å². The molecular weight excluding hydrogens is 314 g/mol. The number of nitriles is 1. The third kappa shape index (κ3) is 3.63. The molecule has 3 rings (SSSR count). The van der Waals surface area contributed by atoms with Crippen LogP contribution in [-0.4, -0.2) is 27.6 Å². The molecule has 1 aromatic heterocycles. The van der Waals surface area contributed by atoms with Gasteiger partial charge in [-0.2, -0.15) is 5.26 Å². The van der Waals surface area contributed by atoms with E-state index in [0.29, 0.717) is 5.56 Å². The van der Waals surface area contributed by atoms with Gasteiger partial charge in [0.2, 0.25) is 5.78 Å². The van der Waals surface area contributed by atoms with E-state index in [0.717, 1.165) is 31.2 Å². The van der Waals surface area contributed by atoms with Crippen LogP contribution in [-0.2, 0) is 0 Å². The van der Waals surface area contributed by atoms with Gasteiger partial charge in [-0.3, -0.25) is 9.79 Å². The van der Waals surface area contributed by atoms with Crippen LogP contribution in [0.4, 0.5) is 0 Å². The fourth-order valence-corrected chi connectivity index (χ4v) is 3.21. The average Bonchev–Trinajstić information content (AvgIpc) is 3.01. The van der Waals surface area contributed by atoms with Crippen LogP contribution < -0.4 is 0 Å². The Balaban J connectivity index is 2.07. The van der Waals surface area contributed by atoms with Crippen LogP contribution in [0.2, 0.25) is 0 Å². The van der Waals surface area contributed by atoms with Crippen molar-refractivity contribution in [3.8, 4) is 11.9 Å². The van der Waals surface area contributed by atoms with E-state index in [2.05, 4.69) is 9.98 Å². The number of carbonyl (C=O) groups excluding carboxylic acids is 1. The minimum absolute atomic E-state index is 0.0546. The van der Waals surface area contributed by atoms with E-state index in [1.807, 2.05) is 25.1 Å². The Kier molecular flexibility index (Phi) is 4.99. The van der Waals surface area contributed by atoms with E-state index in [9.17, 15) is 15.2 Å². The third-order valence-corrected chi connectivity index (χ3v) is 4.63. The molecule has 0 radical (unpaired) electrons. The van der Waals surface area contributed by atoms with Crippen molar-refractivity contribution in [3.63, 3.8) is 0 Å². The van der Waals surface area contributed by atoms with Crippen molar-refractivity contribution < 1.29 is 9.90 Å². The minimum atomic E-state index is -0.267. The lowest BCUT2D eigenvalue weighted by molar-refractivity contribution is 0.106. The van der Waals surface area contributed by atoms with Crippen LogP contribution in [0.25, 0.3) is 0 Å². The summed E-state index contributed by atoms with van der Waals surface area (Å²) in [5.41, 5.74) is 2.17. The Morgan fingerprint density at radius 3 is 2.56 bits per heavy atom. The zero-order valence-electron chi connectivity index (χ0n) is 14.2. The van der Waals surface area contributed by atoms with Crippen LogP contribution in [0.15, 0.2) is 35.5 Å². The summed E-state index contributed by atoms with van der Waals surface area (Å²) in [5.74, 6) is -0.455. The summed E-state index contributed by atoms with van der Waals surface area (Å²) in [4.78, 5) is 20.4. The number of aromatic nitrogens is 1. The first kappa shape index (κ1) is 17.0. The second kappa shape index (κ2) is 7.35. The van der Waals surface area contributed by atoms with Crippen molar-refractivity contribution in [2.75, 3.05) is 0 Å². The van der Waals surface area contributed by atoms with E-state index in [1.54, 1.807) is 12.1 Å². The number of rotatable bonds is 4. The van der Waals surface area contributed by atoms with Crippen LogP contribution in [0.1, 0.15) is 59.2 Å². The zero-order valence-corrected chi connectivity index (χ0v) is 14.2. The van der Waals surface area contributed by atoms with Crippen molar-refractivity contribution in [1.82, 2.24) is 4.98 Å². The predicted octanol–water partition coefficient (Wildman–Crippen LogP) is 3.91. The fourth-order valence-electron chi connectivity index (χ4n) is 3.21. The number of nitrogens with zero attached hydrogens (tertiary/aromatic N) is 2. The Hall–Kier alpha value is -2.87. The second-order valence-electron chi connectivity index (χ2n) is 6.50. The molecule has 128 valence electrons. The molecule has 2 aromatic rings. The van der Waals surface area contributed by atoms with E-state index in [4.69, 9.17) is 0 Å². The van der Waals surface area contributed by atoms with Gasteiger partial charge in [0.15, 0.2) is 5.88 Å². The summed E-state index contributed by atoms with van der Waals surface area (Å²) in [7, 11) is 0. The number of aromatic amines is 1. The third-order valence-electron chi connectivity index (χ3n) is 4.63. The molecule has 1 aliphatic carbocycles. The molecule has 1 heterocycles. The molecule has 5 heteroatoms. The molecule has 0 spiro atoms. The lowest BCUT2D eigenvalue weighted by Gasteiger charge is -2.19. The van der Waals surface area contributed by atoms with Gasteiger partial charge in [0.25, 0.3) is 0 Å². The van der Waals surface area contributed by atoms with Gasteiger partial charge < -0.3 is 10.1 Å². The number of Topliss-reactive ketones (excluding diaryl/α,β-unsaturated/α-hetero) is 1. The Morgan fingerprint density at radius 2 is 1.92 bits per heavy atom. The minimum Gasteiger partial charge on any atom is -0.494 e. The summed E-state index contributed by atoms with van der Waals surface area (Å²) in [5, 5.41) is 19.5. The molecule has 0 atom stereocenters. The van der Waals surface area contributed by atoms with Crippen LogP contribution in [0.3, 0.4) is 0 Å². The quantitative estimate of drug-likeness (QED) is 0.656. The second-order valence-corrected chi connectivity index (χ2v) is 6.50. The zero-order chi connectivity index (χ0) is 17.8. The van der Waals surface area contributed by atoms with E-state index < -0.39 is 0 Å². The normalized spacial score (nSPS) is 15.8. The molecule has 0 bridgehead atoms. The summed E-state index contributed by atoms with van der Waals surface area (Å²) < 4.78 is 0. The van der Waals surface area contributed by atoms with E-state index in [-0.39, 0.29) is 34.5 Å². The molecule has 0 amide bonds. The van der Waals surface area contributed by atoms with Crippen molar-refractivity contribution in [1.29, 1.82) is 5.26 Å². The molecule has 1 aromatic carbocycles. The number of aliphatic imine (C=N–C) groups is 1.